The lowest BCUT2D eigenvalue weighted by atomic mass is 10.2. The van der Waals surface area contributed by atoms with Crippen LogP contribution in [-0.2, 0) is 17.6 Å². The van der Waals surface area contributed by atoms with Gasteiger partial charge in [0.05, 0.1) is 25.0 Å². The summed E-state index contributed by atoms with van der Waals surface area (Å²) in [4.78, 5) is 17.4. The molecule has 2 aromatic heterocycles. The monoisotopic (exact) mass is 500 g/mol. The largest absolute Gasteiger partial charge is 0.481 e. The van der Waals surface area contributed by atoms with Crippen molar-refractivity contribution in [1.82, 2.24) is 19.9 Å². The zero-order valence-electron chi connectivity index (χ0n) is 21.4. The predicted octanol–water partition coefficient (Wildman–Crippen LogP) is 4.24. The topological polar surface area (TPSA) is 79.3 Å². The number of benzene rings is 2. The van der Waals surface area contributed by atoms with Gasteiger partial charge in [0.1, 0.15) is 0 Å². The van der Waals surface area contributed by atoms with Gasteiger partial charge >= 0.3 is 6.01 Å². The molecule has 0 radical (unpaired) electrons. The van der Waals surface area contributed by atoms with E-state index in [1.54, 1.807) is 25.6 Å². The normalized spacial score (nSPS) is 11.8. The number of methoxy groups -OCH3 is 1. The van der Waals surface area contributed by atoms with Crippen molar-refractivity contribution in [3.05, 3.63) is 96.2 Å². The second-order valence-corrected chi connectivity index (χ2v) is 13.8. The second kappa shape index (κ2) is 11.0. The Morgan fingerprint density at radius 1 is 0.778 bits per heavy atom. The summed E-state index contributed by atoms with van der Waals surface area (Å²) in [5, 5.41) is 2.30. The van der Waals surface area contributed by atoms with Gasteiger partial charge in [0.15, 0.2) is 12.4 Å². The minimum atomic E-state index is -2.72. The highest BCUT2D eigenvalue weighted by Gasteiger charge is 2.50. The molecule has 4 rings (SSSR count). The molecule has 0 fully saturated rings. The molecular weight excluding hydrogens is 468 g/mol. The van der Waals surface area contributed by atoms with E-state index in [4.69, 9.17) is 13.9 Å². The number of hydrogen-bond donors (Lipinski definition) is 0. The molecule has 0 atom stereocenters. The predicted molar refractivity (Wildman–Crippen MR) is 142 cm³/mol. The first-order chi connectivity index (χ1) is 17.3. The summed E-state index contributed by atoms with van der Waals surface area (Å²) in [7, 11) is -1.11. The van der Waals surface area contributed by atoms with E-state index >= 15 is 0 Å². The highest BCUT2D eigenvalue weighted by atomic mass is 28.4. The Morgan fingerprint density at radius 2 is 1.36 bits per heavy atom. The average Bonchev–Trinajstić information content (AvgIpc) is 2.89. The number of nitrogens with zero attached hydrogens (tertiary/aromatic N) is 4. The molecule has 0 aliphatic rings. The third kappa shape index (κ3) is 5.29. The second-order valence-electron chi connectivity index (χ2n) is 9.49. The first-order valence-electron chi connectivity index (χ1n) is 11.9. The van der Waals surface area contributed by atoms with Crippen molar-refractivity contribution in [3.8, 4) is 11.9 Å². The van der Waals surface area contributed by atoms with E-state index in [1.165, 1.54) is 10.4 Å². The summed E-state index contributed by atoms with van der Waals surface area (Å²) >= 11 is 0. The molecule has 0 bridgehead atoms. The molecule has 0 unspecified atom stereocenters. The number of aryl methyl sites for hydroxylation is 1. The summed E-state index contributed by atoms with van der Waals surface area (Å²) in [5.41, 5.74) is 1.61. The van der Waals surface area contributed by atoms with Crippen molar-refractivity contribution in [2.45, 2.75) is 45.9 Å². The third-order valence-corrected chi connectivity index (χ3v) is 11.1. The number of rotatable bonds is 9. The molecule has 2 aromatic carbocycles. The van der Waals surface area contributed by atoms with Crippen molar-refractivity contribution in [2.24, 2.45) is 0 Å². The summed E-state index contributed by atoms with van der Waals surface area (Å²) in [6, 6.07) is 23.1. The van der Waals surface area contributed by atoms with Crippen LogP contribution in [-0.4, -0.2) is 35.4 Å². The maximum atomic E-state index is 7.07. The number of aromatic nitrogens is 4. The Labute approximate surface area is 213 Å². The van der Waals surface area contributed by atoms with Crippen molar-refractivity contribution >= 4 is 18.7 Å². The van der Waals surface area contributed by atoms with Gasteiger partial charge in [-0.25, -0.2) is 15.0 Å². The summed E-state index contributed by atoms with van der Waals surface area (Å²) in [5.74, 6) is 0.971. The van der Waals surface area contributed by atoms with Crippen LogP contribution in [0.3, 0.4) is 0 Å². The van der Waals surface area contributed by atoms with Gasteiger partial charge in [-0.3, -0.25) is 0 Å². The smallest absolute Gasteiger partial charge is 0.316 e. The maximum absolute atomic E-state index is 7.07. The Hall–Kier alpha value is -3.62. The van der Waals surface area contributed by atoms with Crippen LogP contribution in [0.25, 0.3) is 0 Å². The van der Waals surface area contributed by atoms with E-state index in [1.807, 2.05) is 19.1 Å². The zero-order valence-corrected chi connectivity index (χ0v) is 22.4. The van der Waals surface area contributed by atoms with Gasteiger partial charge in [0, 0.05) is 12.4 Å². The van der Waals surface area contributed by atoms with Gasteiger partial charge < -0.3 is 13.9 Å². The molecule has 0 spiro atoms. The van der Waals surface area contributed by atoms with Gasteiger partial charge in [0.2, 0.25) is 5.88 Å². The molecule has 0 amide bonds. The molecule has 0 saturated carbocycles. The maximum Gasteiger partial charge on any atom is 0.316 e. The fourth-order valence-electron chi connectivity index (χ4n) is 4.46. The lowest BCUT2D eigenvalue weighted by Gasteiger charge is -2.43. The molecule has 8 heteroatoms. The SMILES string of the molecule is COc1nc(COc2ncccn2)nc(C)c1CO[Si](c1ccccc1)(c1ccccc1)C(C)(C)C. The zero-order chi connectivity index (χ0) is 25.6. The van der Waals surface area contributed by atoms with Crippen molar-refractivity contribution in [2.75, 3.05) is 7.11 Å². The van der Waals surface area contributed by atoms with Gasteiger partial charge in [-0.15, -0.1) is 0 Å². The molecular formula is C28H32N4O3Si. The van der Waals surface area contributed by atoms with E-state index in [2.05, 4.69) is 89.2 Å². The van der Waals surface area contributed by atoms with Crippen molar-refractivity contribution in [1.29, 1.82) is 0 Å². The van der Waals surface area contributed by atoms with Crippen molar-refractivity contribution in [3.63, 3.8) is 0 Å². The molecule has 186 valence electrons. The molecule has 0 N–H and O–H groups in total. The van der Waals surface area contributed by atoms with E-state index in [-0.39, 0.29) is 17.7 Å². The molecule has 36 heavy (non-hydrogen) atoms. The minimum absolute atomic E-state index is 0.136. The van der Waals surface area contributed by atoms with Crippen LogP contribution in [0, 0.1) is 6.92 Å². The van der Waals surface area contributed by atoms with E-state index < -0.39 is 8.32 Å². The molecule has 7 nitrogen and oxygen atoms in total. The first-order valence-corrected chi connectivity index (χ1v) is 13.8. The van der Waals surface area contributed by atoms with Gasteiger partial charge in [-0.2, -0.15) is 4.98 Å². The van der Waals surface area contributed by atoms with Gasteiger partial charge in [-0.05, 0) is 28.4 Å². The standard InChI is InChI=1S/C28H32N4O3Si/c1-21-24(26(33-5)32-25(31-21)20-34-27-29-17-12-18-30-27)19-35-36(28(2,3)4,22-13-8-6-9-14-22)23-15-10-7-11-16-23/h6-18H,19-20H2,1-5H3. The van der Waals surface area contributed by atoms with Gasteiger partial charge in [-0.1, -0.05) is 81.4 Å². The molecule has 2 heterocycles. The van der Waals surface area contributed by atoms with Crippen LogP contribution in [0.1, 0.15) is 37.9 Å². The Morgan fingerprint density at radius 3 is 1.89 bits per heavy atom. The quantitative estimate of drug-likeness (QED) is 0.318. The highest BCUT2D eigenvalue weighted by Crippen LogP contribution is 2.38. The Balaban J connectivity index is 1.68. The fraction of sp³-hybridized carbons (Fsp3) is 0.286. The molecule has 0 saturated heterocycles. The molecule has 4 aromatic rings. The van der Waals surface area contributed by atoms with E-state index in [0.717, 1.165) is 11.3 Å². The number of hydrogen-bond acceptors (Lipinski definition) is 7. The van der Waals surface area contributed by atoms with Crippen LogP contribution < -0.4 is 19.8 Å². The Bertz CT molecular complexity index is 1230. The van der Waals surface area contributed by atoms with E-state index in [9.17, 15) is 0 Å². The number of ether oxygens (including phenoxy) is 2. The fourth-order valence-corrected chi connectivity index (χ4v) is 8.97. The lowest BCUT2D eigenvalue weighted by molar-refractivity contribution is 0.260. The highest BCUT2D eigenvalue weighted by molar-refractivity contribution is 6.99. The van der Waals surface area contributed by atoms with Gasteiger partial charge in [0.25, 0.3) is 8.32 Å². The van der Waals surface area contributed by atoms with Crippen LogP contribution in [0.2, 0.25) is 5.04 Å². The summed E-state index contributed by atoms with van der Waals surface area (Å²) < 4.78 is 18.4. The van der Waals surface area contributed by atoms with Crippen LogP contribution in [0.4, 0.5) is 0 Å². The minimum Gasteiger partial charge on any atom is -0.481 e. The van der Waals surface area contributed by atoms with Crippen LogP contribution in [0.15, 0.2) is 79.1 Å². The Kier molecular flexibility index (Phi) is 7.76. The lowest BCUT2D eigenvalue weighted by Crippen LogP contribution is -2.66. The first kappa shape index (κ1) is 25.5. The third-order valence-electron chi connectivity index (χ3n) is 6.14. The average molecular weight is 501 g/mol. The van der Waals surface area contributed by atoms with Crippen LogP contribution in [0.5, 0.6) is 11.9 Å². The molecule has 0 aliphatic heterocycles. The van der Waals surface area contributed by atoms with E-state index in [0.29, 0.717) is 18.3 Å². The summed E-state index contributed by atoms with van der Waals surface area (Å²) in [6.07, 6.45) is 3.25. The van der Waals surface area contributed by atoms with Crippen molar-refractivity contribution < 1.29 is 13.9 Å². The summed E-state index contributed by atoms with van der Waals surface area (Å²) in [6.45, 7) is 9.17. The van der Waals surface area contributed by atoms with Crippen LogP contribution >= 0.6 is 0 Å². The molecule has 0 aliphatic carbocycles.